The van der Waals surface area contributed by atoms with Gasteiger partial charge in [-0.2, -0.15) is 0 Å². The topological polar surface area (TPSA) is 29.1 Å². The van der Waals surface area contributed by atoms with Gasteiger partial charge in [-0.15, -0.1) is 0 Å². The van der Waals surface area contributed by atoms with E-state index in [0.717, 1.165) is 35.8 Å². The molecule has 0 aliphatic heterocycles. The van der Waals surface area contributed by atoms with E-state index in [4.69, 9.17) is 0 Å². The Morgan fingerprint density at radius 2 is 2.08 bits per heavy atom. The van der Waals surface area contributed by atoms with Gasteiger partial charge in [0, 0.05) is 12.6 Å². The first kappa shape index (κ1) is 12.9. The number of unbranched alkanes of at least 4 members (excludes halogenated alkanes) is 1. The molecular weight excluding hydrogens is 277 g/mol. The fraction of sp³-hybridized carbons (Fsp3) is 0.700. The highest BCUT2D eigenvalue weighted by molar-refractivity contribution is 14.1. The van der Waals surface area contributed by atoms with Gasteiger partial charge >= 0.3 is 0 Å². The Morgan fingerprint density at radius 1 is 1.38 bits per heavy atom. The van der Waals surface area contributed by atoms with E-state index in [9.17, 15) is 4.79 Å². The SMILES string of the molecule is CCCCNC(=O)/C=C(/I)CCC. The molecular formula is C10H18INO. The molecule has 0 radical (unpaired) electrons. The summed E-state index contributed by atoms with van der Waals surface area (Å²) in [5.41, 5.74) is 0. The lowest BCUT2D eigenvalue weighted by molar-refractivity contribution is -0.116. The van der Waals surface area contributed by atoms with Gasteiger partial charge in [0.15, 0.2) is 0 Å². The van der Waals surface area contributed by atoms with Crippen LogP contribution in [0, 0.1) is 0 Å². The highest BCUT2D eigenvalue weighted by Gasteiger charge is 1.97. The van der Waals surface area contributed by atoms with Crippen molar-refractivity contribution in [2.75, 3.05) is 6.54 Å². The van der Waals surface area contributed by atoms with Crippen molar-refractivity contribution in [1.29, 1.82) is 0 Å². The van der Waals surface area contributed by atoms with E-state index in [1.165, 1.54) is 0 Å². The predicted octanol–water partition coefficient (Wildman–Crippen LogP) is 3.02. The van der Waals surface area contributed by atoms with E-state index in [-0.39, 0.29) is 5.91 Å². The summed E-state index contributed by atoms with van der Waals surface area (Å²) in [5, 5.41) is 2.85. The van der Waals surface area contributed by atoms with Gasteiger partial charge in [0.2, 0.25) is 5.91 Å². The molecule has 0 bridgehead atoms. The summed E-state index contributed by atoms with van der Waals surface area (Å²) in [4.78, 5) is 11.2. The zero-order valence-corrected chi connectivity index (χ0v) is 10.6. The number of halogens is 1. The maximum Gasteiger partial charge on any atom is 0.244 e. The van der Waals surface area contributed by atoms with Crippen molar-refractivity contribution in [3.63, 3.8) is 0 Å². The first-order valence-electron chi connectivity index (χ1n) is 4.84. The lowest BCUT2D eigenvalue weighted by Crippen LogP contribution is -2.22. The van der Waals surface area contributed by atoms with Crippen molar-refractivity contribution in [3.05, 3.63) is 9.66 Å². The van der Waals surface area contributed by atoms with Crippen LogP contribution in [-0.2, 0) is 4.79 Å². The number of allylic oxidation sites excluding steroid dienone is 1. The lowest BCUT2D eigenvalue weighted by Gasteiger charge is -2.00. The molecule has 0 saturated carbocycles. The van der Waals surface area contributed by atoms with Gasteiger partial charge in [-0.3, -0.25) is 4.79 Å². The third kappa shape index (κ3) is 8.28. The summed E-state index contributed by atoms with van der Waals surface area (Å²) in [6.07, 6.45) is 5.97. The Kier molecular flexibility index (Phi) is 8.49. The Bertz CT molecular complexity index is 178. The van der Waals surface area contributed by atoms with Gasteiger partial charge in [0.25, 0.3) is 0 Å². The summed E-state index contributed by atoms with van der Waals surface area (Å²) >= 11 is 2.22. The molecule has 0 spiro atoms. The molecule has 13 heavy (non-hydrogen) atoms. The highest BCUT2D eigenvalue weighted by atomic mass is 127. The molecule has 76 valence electrons. The lowest BCUT2D eigenvalue weighted by atomic mass is 10.3. The van der Waals surface area contributed by atoms with Gasteiger partial charge in [0.05, 0.1) is 0 Å². The van der Waals surface area contributed by atoms with E-state index in [2.05, 4.69) is 41.8 Å². The molecule has 0 aromatic rings. The Labute approximate surface area is 94.3 Å². The second-order valence-electron chi connectivity index (χ2n) is 2.99. The molecule has 0 unspecified atom stereocenters. The van der Waals surface area contributed by atoms with Crippen molar-refractivity contribution >= 4 is 28.5 Å². The first-order chi connectivity index (χ1) is 6.20. The van der Waals surface area contributed by atoms with Crippen LogP contribution in [0.15, 0.2) is 9.66 Å². The summed E-state index contributed by atoms with van der Waals surface area (Å²) in [6, 6.07) is 0. The summed E-state index contributed by atoms with van der Waals surface area (Å²) in [6.45, 7) is 5.02. The molecule has 3 heteroatoms. The standard InChI is InChI=1S/C10H18INO/c1-3-5-7-12-10(13)8-9(11)6-4-2/h8H,3-7H2,1-2H3,(H,12,13)/b9-8+. The molecule has 1 amide bonds. The number of hydrogen-bond donors (Lipinski definition) is 1. The van der Waals surface area contributed by atoms with Crippen LogP contribution in [0.3, 0.4) is 0 Å². The van der Waals surface area contributed by atoms with Crippen LogP contribution in [-0.4, -0.2) is 12.5 Å². The van der Waals surface area contributed by atoms with Gasteiger partial charge in [0.1, 0.15) is 0 Å². The van der Waals surface area contributed by atoms with Crippen molar-refractivity contribution in [1.82, 2.24) is 5.32 Å². The molecule has 0 rings (SSSR count). The number of rotatable bonds is 6. The largest absolute Gasteiger partial charge is 0.353 e. The normalized spacial score (nSPS) is 11.5. The van der Waals surface area contributed by atoms with Crippen LogP contribution < -0.4 is 5.32 Å². The third-order valence-corrected chi connectivity index (χ3v) is 2.46. The van der Waals surface area contributed by atoms with Gasteiger partial charge < -0.3 is 5.32 Å². The van der Waals surface area contributed by atoms with E-state index in [1.54, 1.807) is 6.08 Å². The van der Waals surface area contributed by atoms with Crippen molar-refractivity contribution < 1.29 is 4.79 Å². The second-order valence-corrected chi connectivity index (χ2v) is 4.37. The zero-order valence-electron chi connectivity index (χ0n) is 8.40. The van der Waals surface area contributed by atoms with Crippen LogP contribution in [0.25, 0.3) is 0 Å². The van der Waals surface area contributed by atoms with Crippen LogP contribution in [0.1, 0.15) is 39.5 Å². The monoisotopic (exact) mass is 295 g/mol. The second kappa shape index (κ2) is 8.53. The molecule has 0 fully saturated rings. The molecule has 0 aliphatic rings. The minimum Gasteiger partial charge on any atom is -0.353 e. The maximum atomic E-state index is 11.2. The third-order valence-electron chi connectivity index (χ3n) is 1.61. The number of carbonyl (C=O) groups is 1. The summed E-state index contributed by atoms with van der Waals surface area (Å²) in [7, 11) is 0. The molecule has 2 nitrogen and oxygen atoms in total. The highest BCUT2D eigenvalue weighted by Crippen LogP contribution is 2.12. The van der Waals surface area contributed by atoms with Crippen LogP contribution in [0.4, 0.5) is 0 Å². The summed E-state index contributed by atoms with van der Waals surface area (Å²) in [5.74, 6) is 0.0475. The van der Waals surface area contributed by atoms with E-state index < -0.39 is 0 Å². The minimum absolute atomic E-state index is 0.0475. The van der Waals surface area contributed by atoms with E-state index >= 15 is 0 Å². The number of amides is 1. The average Bonchev–Trinajstić information content (AvgIpc) is 2.05. The number of nitrogens with one attached hydrogen (secondary N) is 1. The molecule has 0 aromatic carbocycles. The molecule has 0 aliphatic carbocycles. The minimum atomic E-state index is 0.0475. The first-order valence-corrected chi connectivity index (χ1v) is 5.92. The Morgan fingerprint density at radius 3 is 2.62 bits per heavy atom. The average molecular weight is 295 g/mol. The fourth-order valence-corrected chi connectivity index (χ4v) is 1.71. The van der Waals surface area contributed by atoms with Crippen molar-refractivity contribution in [3.8, 4) is 0 Å². The number of hydrogen-bond acceptors (Lipinski definition) is 1. The summed E-state index contributed by atoms with van der Waals surface area (Å²) < 4.78 is 1.13. The van der Waals surface area contributed by atoms with Crippen molar-refractivity contribution in [2.45, 2.75) is 39.5 Å². The van der Waals surface area contributed by atoms with Crippen molar-refractivity contribution in [2.24, 2.45) is 0 Å². The predicted molar refractivity (Wildman–Crippen MR) is 64.9 cm³/mol. The molecule has 0 saturated heterocycles. The maximum absolute atomic E-state index is 11.2. The van der Waals surface area contributed by atoms with E-state index in [1.807, 2.05) is 0 Å². The Balaban J connectivity index is 3.65. The Hall–Kier alpha value is -0.0600. The molecule has 1 N–H and O–H groups in total. The smallest absolute Gasteiger partial charge is 0.244 e. The van der Waals surface area contributed by atoms with Crippen LogP contribution >= 0.6 is 22.6 Å². The molecule has 0 heterocycles. The van der Waals surface area contributed by atoms with Gasteiger partial charge in [-0.1, -0.05) is 26.7 Å². The van der Waals surface area contributed by atoms with Crippen LogP contribution in [0.2, 0.25) is 0 Å². The molecule has 0 aromatic heterocycles. The quantitative estimate of drug-likeness (QED) is 0.455. The van der Waals surface area contributed by atoms with Gasteiger partial charge in [-0.05, 0) is 39.0 Å². The zero-order chi connectivity index (χ0) is 10.1. The number of carbonyl (C=O) groups excluding carboxylic acids is 1. The fourth-order valence-electron chi connectivity index (χ4n) is 0.893. The van der Waals surface area contributed by atoms with Gasteiger partial charge in [-0.25, -0.2) is 0 Å². The van der Waals surface area contributed by atoms with Crippen LogP contribution in [0.5, 0.6) is 0 Å². The molecule has 0 atom stereocenters. The van der Waals surface area contributed by atoms with E-state index in [0.29, 0.717) is 0 Å².